The summed E-state index contributed by atoms with van der Waals surface area (Å²) >= 11 is 7.53. The average Bonchev–Trinajstić information content (AvgIpc) is 3.35. The summed E-state index contributed by atoms with van der Waals surface area (Å²) in [6, 6.07) is 17.9. The van der Waals surface area contributed by atoms with Crippen LogP contribution in [0.4, 0.5) is 0 Å². The molecule has 0 aliphatic rings. The summed E-state index contributed by atoms with van der Waals surface area (Å²) in [6.45, 7) is 25.6. The Morgan fingerprint density at radius 2 is 1.38 bits per heavy atom. The first-order valence-corrected chi connectivity index (χ1v) is 10.5. The van der Waals surface area contributed by atoms with Crippen molar-refractivity contribution in [1.29, 1.82) is 0 Å². The predicted molar refractivity (Wildman–Crippen MR) is 111 cm³/mol. The molecule has 0 unspecified atom stereocenters. The van der Waals surface area contributed by atoms with Gasteiger partial charge in [0.1, 0.15) is 0 Å². The Morgan fingerprint density at radius 1 is 0.882 bits per heavy atom. The molecule has 0 atom stereocenters. The third-order valence-corrected chi connectivity index (χ3v) is 5.02. The molecule has 0 aliphatic heterocycles. The molecule has 1 heterocycles. The number of hydrogen-bond acceptors (Lipinski definition) is 3. The zero-order chi connectivity index (χ0) is 26.9. The van der Waals surface area contributed by atoms with Crippen LogP contribution in [0.1, 0.15) is 18.2 Å². The molecular formula is C23H16ClN3O6W. The van der Waals surface area contributed by atoms with E-state index in [1.54, 1.807) is 0 Å². The predicted octanol–water partition coefficient (Wildman–Crippen LogP) is 3.52. The molecule has 0 amide bonds. The van der Waals surface area contributed by atoms with Gasteiger partial charge in [-0.1, -0.05) is 0 Å². The van der Waals surface area contributed by atoms with Crippen molar-refractivity contribution in [2.75, 3.05) is 6.61 Å². The molecule has 3 rings (SSSR count). The third kappa shape index (κ3) is 11.8. The summed E-state index contributed by atoms with van der Waals surface area (Å²) in [6.07, 6.45) is 0. The Kier molecular flexibility index (Phi) is 25.9. The zero-order valence-corrected chi connectivity index (χ0v) is 21.4. The van der Waals surface area contributed by atoms with Gasteiger partial charge in [-0.3, -0.25) is 0 Å². The monoisotopic (exact) mass is 649 g/mol. The van der Waals surface area contributed by atoms with Crippen molar-refractivity contribution >= 4 is 15.7 Å². The number of ether oxygens (including phenoxy) is 1. The normalized spacial score (nSPS) is 7.88. The van der Waals surface area contributed by atoms with Crippen molar-refractivity contribution in [2.45, 2.75) is 13.5 Å². The molecule has 0 saturated heterocycles. The van der Waals surface area contributed by atoms with Gasteiger partial charge in [0.15, 0.2) is 0 Å². The second-order valence-electron chi connectivity index (χ2n) is 5.12. The molecule has 0 fully saturated rings. The van der Waals surface area contributed by atoms with Crippen molar-refractivity contribution in [1.82, 2.24) is 15.0 Å². The van der Waals surface area contributed by atoms with Crippen LogP contribution in [0.25, 0.3) is 11.3 Å². The van der Waals surface area contributed by atoms with E-state index in [0.29, 0.717) is 13.2 Å². The van der Waals surface area contributed by atoms with E-state index in [1.165, 1.54) is 19.4 Å². The fourth-order valence-corrected chi connectivity index (χ4v) is 3.54. The standard InChI is InChI=1S/C18H16ClN3O.5CO.W/c1-2-23-13-17-18(14-8-4-3-5-9-14)22(21-20-17)12-15-10-6-7-11-16(15)19;5*1-2;/h3-11H,2,12H2,1H3;;;;;;. The van der Waals surface area contributed by atoms with Crippen LogP contribution in [0.5, 0.6) is 0 Å². The summed E-state index contributed by atoms with van der Waals surface area (Å²) in [4.78, 5) is 0. The Balaban J connectivity index is -0.000000854. The minimum absolute atomic E-state index is 0.561. The van der Waals surface area contributed by atoms with Gasteiger partial charge in [-0.05, 0) is 0 Å². The minimum atomic E-state index is 0.561. The van der Waals surface area contributed by atoms with Crippen LogP contribution in [0.3, 0.4) is 0 Å². The van der Waals surface area contributed by atoms with Crippen LogP contribution in [-0.4, -0.2) is 25.7 Å². The van der Waals surface area contributed by atoms with Crippen molar-refractivity contribution in [3.05, 3.63) is 104 Å². The van der Waals surface area contributed by atoms with Crippen molar-refractivity contribution < 1.29 is 47.4 Å². The van der Waals surface area contributed by atoms with Crippen LogP contribution in [0, 0.1) is 33.3 Å². The molecule has 0 saturated carbocycles. The first kappa shape index (κ1) is 35.7. The molecule has 0 spiro atoms. The van der Waals surface area contributed by atoms with Gasteiger partial charge in [0.2, 0.25) is 0 Å². The summed E-state index contributed by atoms with van der Waals surface area (Å²) in [7, 11) is 0. The molecule has 1 aromatic heterocycles. The van der Waals surface area contributed by atoms with Crippen molar-refractivity contribution in [3.8, 4) is 11.3 Å². The van der Waals surface area contributed by atoms with Gasteiger partial charge in [-0.15, -0.1) is 0 Å². The zero-order valence-electron chi connectivity index (χ0n) is 17.7. The Morgan fingerprint density at radius 3 is 1.88 bits per heavy atom. The van der Waals surface area contributed by atoms with Crippen LogP contribution in [-0.2, 0) is 53.9 Å². The van der Waals surface area contributed by atoms with Crippen LogP contribution in [0.2, 0.25) is 5.02 Å². The number of nitrogens with zero attached hydrogens (tertiary/aromatic N) is 3. The topological polar surface area (TPSA) is 139 Å². The summed E-state index contributed by atoms with van der Waals surface area (Å²) in [5.41, 5.74) is 3.82. The second-order valence-corrected chi connectivity index (χ2v) is 6.86. The van der Waals surface area contributed by atoms with E-state index in [9.17, 15) is 0 Å². The van der Waals surface area contributed by atoms with E-state index in [4.69, 9.17) is 39.6 Å². The SMILES string of the molecule is CCO[C](=[W])c1nnn(Cc2ccccc2Cl)c1-c1ccccc1.[C-]#[O+].[C-]#[O+].[C-]#[O+].[C-]#[O+].[C-]#[O+]. The van der Waals surface area contributed by atoms with Crippen molar-refractivity contribution in [2.24, 2.45) is 0 Å². The van der Waals surface area contributed by atoms with E-state index in [-0.39, 0.29) is 0 Å². The molecule has 0 radical (unpaired) electrons. The van der Waals surface area contributed by atoms with Gasteiger partial charge in [0.25, 0.3) is 0 Å². The molecule has 0 N–H and O–H groups in total. The first-order valence-electron chi connectivity index (χ1n) is 8.62. The molecule has 3 aromatic rings. The maximum atomic E-state index is 7.50. The van der Waals surface area contributed by atoms with Crippen molar-refractivity contribution in [3.63, 3.8) is 0 Å². The number of halogens is 1. The number of aromatic nitrogens is 3. The fraction of sp³-hybridized carbons (Fsp3) is 0.130. The van der Waals surface area contributed by atoms with Gasteiger partial charge >= 0.3 is 213 Å². The Labute approximate surface area is 213 Å². The molecule has 0 bridgehead atoms. The second kappa shape index (κ2) is 24.7. The first-order chi connectivity index (χ1) is 16.7. The number of hydrogen-bond donors (Lipinski definition) is 0. The van der Waals surface area contributed by atoms with Crippen LogP contribution < -0.4 is 0 Å². The summed E-state index contributed by atoms with van der Waals surface area (Å²) < 4.78 is 45.9. The van der Waals surface area contributed by atoms with Crippen LogP contribution >= 0.6 is 11.6 Å². The quantitative estimate of drug-likeness (QED) is 0.298. The molecule has 2 aromatic carbocycles. The van der Waals surface area contributed by atoms with E-state index in [0.717, 1.165) is 31.6 Å². The maximum absolute atomic E-state index is 7.50. The van der Waals surface area contributed by atoms with E-state index in [1.807, 2.05) is 54.1 Å². The van der Waals surface area contributed by atoms with Gasteiger partial charge in [-0.25, -0.2) is 0 Å². The third-order valence-electron chi connectivity index (χ3n) is 3.53. The average molecular weight is 650 g/mol. The summed E-state index contributed by atoms with van der Waals surface area (Å²) in [5.74, 6) is 0. The van der Waals surface area contributed by atoms with Gasteiger partial charge in [0, 0.05) is 0 Å². The molecule has 0 aliphatic carbocycles. The summed E-state index contributed by atoms with van der Waals surface area (Å²) in [5, 5.41) is 9.44. The Hall–Kier alpha value is -2.91. The molecule has 172 valence electrons. The molecule has 34 heavy (non-hydrogen) atoms. The fourth-order valence-electron chi connectivity index (χ4n) is 2.43. The van der Waals surface area contributed by atoms with Gasteiger partial charge in [-0.2, -0.15) is 0 Å². The number of rotatable bonds is 6. The Bertz CT molecular complexity index is 1040. The molecule has 9 nitrogen and oxygen atoms in total. The molecular weight excluding hydrogens is 634 g/mol. The van der Waals surface area contributed by atoms with Gasteiger partial charge in [0.05, 0.1) is 0 Å². The number of benzene rings is 2. The van der Waals surface area contributed by atoms with Gasteiger partial charge < -0.3 is 0 Å². The van der Waals surface area contributed by atoms with E-state index in [2.05, 4.69) is 55.7 Å². The molecule has 11 heteroatoms. The van der Waals surface area contributed by atoms with Crippen LogP contribution in [0.15, 0.2) is 54.6 Å². The van der Waals surface area contributed by atoms with E-state index < -0.39 is 0 Å². The van der Waals surface area contributed by atoms with E-state index >= 15 is 0 Å².